The van der Waals surface area contributed by atoms with Gasteiger partial charge in [-0.2, -0.15) is 10.2 Å². The van der Waals surface area contributed by atoms with Crippen LogP contribution in [-0.4, -0.2) is 98.2 Å². The molecule has 0 radical (unpaired) electrons. The molecule has 4 rings (SSSR count). The Kier molecular flexibility index (Phi) is 20.1. The molecule has 57 heavy (non-hydrogen) atoms. The first-order chi connectivity index (χ1) is 27.8. The number of carbonyl (C=O) groups is 2. The van der Waals surface area contributed by atoms with Gasteiger partial charge in [0.15, 0.2) is 0 Å². The van der Waals surface area contributed by atoms with Crippen LogP contribution in [0, 0.1) is 39.2 Å². The maximum Gasteiger partial charge on any atom is 0.309 e. The summed E-state index contributed by atoms with van der Waals surface area (Å²) in [5.41, 5.74) is 5.47. The fraction of sp³-hybridized carbons (Fsp3) is 0.558. The van der Waals surface area contributed by atoms with Crippen molar-refractivity contribution in [3.63, 3.8) is 0 Å². The topological polar surface area (TPSA) is 131 Å². The predicted octanol–water partition coefficient (Wildman–Crippen LogP) is 8.81. The summed E-state index contributed by atoms with van der Waals surface area (Å²) in [6.45, 7) is 20.8. The number of hydrogen-bond donors (Lipinski definition) is 0. The summed E-state index contributed by atoms with van der Waals surface area (Å²) in [5.74, 6) is -1.57. The quantitative estimate of drug-likeness (QED) is 0.0354. The molecule has 14 heteroatoms. The Morgan fingerprint density at radius 2 is 1.42 bits per heavy atom. The monoisotopic (exact) mass is 806 g/mol. The predicted molar refractivity (Wildman–Crippen MR) is 220 cm³/mol. The van der Waals surface area contributed by atoms with Crippen molar-refractivity contribution in [1.82, 2.24) is 0 Å². The van der Waals surface area contributed by atoms with E-state index in [4.69, 9.17) is 39.7 Å². The number of likely N-dealkylation sites (N-methyl/N-ethyl adjacent to an activating group) is 1. The molecule has 1 saturated carbocycles. The van der Waals surface area contributed by atoms with Crippen LogP contribution in [0.4, 0.5) is 22.1 Å². The summed E-state index contributed by atoms with van der Waals surface area (Å²) in [5, 5.41) is 9.57. The van der Waals surface area contributed by atoms with Crippen molar-refractivity contribution in [3.8, 4) is 0 Å². The second-order valence-electron chi connectivity index (χ2n) is 13.7. The summed E-state index contributed by atoms with van der Waals surface area (Å²) in [7, 11) is 1.35. The molecule has 310 valence electrons. The Balaban J connectivity index is 1.08. The average Bonchev–Trinajstić information content (AvgIpc) is 3.51. The summed E-state index contributed by atoms with van der Waals surface area (Å²) in [6.07, 6.45) is 2.94. The number of hydrogen-bond acceptors (Lipinski definition) is 13. The fourth-order valence-corrected chi connectivity index (χ4v) is 7.47. The SMILES string of the molecule is [C-]#[N+]c1c(N=Nc2ccc(N(CC)CC(OCCOCCOCCOCCOCCOC(=O)C3CCCCC3C(=O)OC)c3ccccc3)cc2C)sc(C)c1C. The fourth-order valence-electron chi connectivity index (χ4n) is 6.55. The van der Waals surface area contributed by atoms with Gasteiger partial charge in [-0.25, -0.2) is 4.85 Å². The first kappa shape index (κ1) is 45.5. The molecule has 0 saturated heterocycles. The molecule has 3 atom stereocenters. The van der Waals surface area contributed by atoms with E-state index in [0.717, 1.165) is 52.3 Å². The number of ether oxygens (including phenoxy) is 7. The number of nitrogens with zero attached hydrogens (tertiary/aromatic N) is 4. The van der Waals surface area contributed by atoms with E-state index in [1.807, 2.05) is 45.0 Å². The zero-order chi connectivity index (χ0) is 40.8. The molecule has 1 fully saturated rings. The summed E-state index contributed by atoms with van der Waals surface area (Å²) < 4.78 is 39.1. The van der Waals surface area contributed by atoms with Crippen LogP contribution in [0.2, 0.25) is 0 Å². The van der Waals surface area contributed by atoms with Crippen LogP contribution >= 0.6 is 11.3 Å². The maximum atomic E-state index is 12.5. The molecule has 1 aromatic heterocycles. The lowest BCUT2D eigenvalue weighted by atomic mass is 9.79. The molecule has 0 N–H and O–H groups in total. The van der Waals surface area contributed by atoms with Gasteiger partial charge in [0.05, 0.1) is 90.7 Å². The molecule has 3 unspecified atom stereocenters. The molecular weight excluding hydrogens is 749 g/mol. The molecule has 3 aromatic rings. The summed E-state index contributed by atoms with van der Waals surface area (Å²) in [6, 6.07) is 16.4. The molecule has 1 aliphatic rings. The van der Waals surface area contributed by atoms with Crippen molar-refractivity contribution in [2.75, 3.05) is 91.2 Å². The van der Waals surface area contributed by atoms with Crippen LogP contribution in [0.5, 0.6) is 0 Å². The normalized spacial score (nSPS) is 16.0. The van der Waals surface area contributed by atoms with Crippen molar-refractivity contribution in [2.45, 2.75) is 59.5 Å². The van der Waals surface area contributed by atoms with Crippen LogP contribution in [0.15, 0.2) is 58.8 Å². The minimum absolute atomic E-state index is 0.134. The van der Waals surface area contributed by atoms with E-state index < -0.39 is 11.8 Å². The van der Waals surface area contributed by atoms with Crippen LogP contribution in [0.3, 0.4) is 0 Å². The largest absolute Gasteiger partial charge is 0.469 e. The van der Waals surface area contributed by atoms with Crippen molar-refractivity contribution < 1.29 is 42.7 Å². The van der Waals surface area contributed by atoms with Gasteiger partial charge in [-0.1, -0.05) is 43.2 Å². The van der Waals surface area contributed by atoms with Gasteiger partial charge in [-0.15, -0.1) is 11.3 Å². The number of carbonyl (C=O) groups excluding carboxylic acids is 2. The second-order valence-corrected chi connectivity index (χ2v) is 14.9. The smallest absolute Gasteiger partial charge is 0.309 e. The minimum Gasteiger partial charge on any atom is -0.469 e. The number of azo groups is 1. The van der Waals surface area contributed by atoms with E-state index in [2.05, 4.69) is 51.2 Å². The molecule has 1 heterocycles. The van der Waals surface area contributed by atoms with E-state index in [1.54, 1.807) is 0 Å². The Bertz CT molecular complexity index is 1750. The Morgan fingerprint density at radius 1 is 0.825 bits per heavy atom. The third kappa shape index (κ3) is 14.6. The first-order valence-corrected chi connectivity index (χ1v) is 20.6. The minimum atomic E-state index is -0.442. The standard InChI is InChI=1S/C43H58N4O9S/c1-7-47(35-17-18-38(31(2)29-35)45-46-41-40(44-5)32(3)33(4)57-41)30-39(34-13-9-8-10-14-34)55-27-25-53-23-21-51-19-20-52-22-24-54-26-28-56-43(49)37-16-12-11-15-36(37)42(48)50-6/h8-10,13-14,17-18,29,36-37,39H,7,11-12,15-16,19-28,30H2,1-4,6H3. The van der Waals surface area contributed by atoms with Gasteiger partial charge < -0.3 is 38.1 Å². The number of anilines is 1. The maximum absolute atomic E-state index is 12.5. The summed E-state index contributed by atoms with van der Waals surface area (Å²) >= 11 is 1.49. The first-order valence-electron chi connectivity index (χ1n) is 19.7. The summed E-state index contributed by atoms with van der Waals surface area (Å²) in [4.78, 5) is 31.5. The van der Waals surface area contributed by atoms with Crippen LogP contribution in [0.25, 0.3) is 4.85 Å². The van der Waals surface area contributed by atoms with E-state index in [9.17, 15) is 9.59 Å². The van der Waals surface area contributed by atoms with E-state index in [0.29, 0.717) is 82.9 Å². The van der Waals surface area contributed by atoms with Crippen molar-refractivity contribution in [2.24, 2.45) is 22.1 Å². The van der Waals surface area contributed by atoms with Gasteiger partial charge in [-0.05, 0) is 80.3 Å². The van der Waals surface area contributed by atoms with E-state index in [-0.39, 0.29) is 31.3 Å². The van der Waals surface area contributed by atoms with Gasteiger partial charge in [0, 0.05) is 18.8 Å². The second kappa shape index (κ2) is 25.2. The molecule has 2 aromatic carbocycles. The van der Waals surface area contributed by atoms with Crippen molar-refractivity contribution >= 4 is 45.3 Å². The average molecular weight is 807 g/mol. The number of rotatable bonds is 25. The van der Waals surface area contributed by atoms with Gasteiger partial charge in [0.25, 0.3) is 0 Å². The van der Waals surface area contributed by atoms with Gasteiger partial charge in [0.2, 0.25) is 5.69 Å². The lowest BCUT2D eigenvalue weighted by molar-refractivity contribution is -0.162. The highest BCUT2D eigenvalue weighted by Gasteiger charge is 2.37. The highest BCUT2D eigenvalue weighted by atomic mass is 32.1. The molecule has 0 spiro atoms. The third-order valence-corrected chi connectivity index (χ3v) is 11.0. The van der Waals surface area contributed by atoms with Gasteiger partial charge >= 0.3 is 11.9 Å². The lowest BCUT2D eigenvalue weighted by Gasteiger charge is -2.29. The number of benzene rings is 2. The highest BCUT2D eigenvalue weighted by molar-refractivity contribution is 7.16. The number of methoxy groups -OCH3 is 1. The van der Waals surface area contributed by atoms with Gasteiger partial charge in [-0.3, -0.25) is 9.59 Å². The highest BCUT2D eigenvalue weighted by Crippen LogP contribution is 2.42. The molecule has 0 amide bonds. The number of aryl methyl sites for hydroxylation is 2. The van der Waals surface area contributed by atoms with E-state index >= 15 is 0 Å². The zero-order valence-corrected chi connectivity index (χ0v) is 34.9. The molecule has 1 aliphatic carbocycles. The van der Waals surface area contributed by atoms with E-state index in [1.165, 1.54) is 18.4 Å². The molecule has 0 bridgehead atoms. The molecular formula is C43H58N4O9S. The zero-order valence-electron chi connectivity index (χ0n) is 34.0. The molecule has 13 nitrogen and oxygen atoms in total. The van der Waals surface area contributed by atoms with Crippen molar-refractivity contribution in [3.05, 3.63) is 81.5 Å². The van der Waals surface area contributed by atoms with Crippen LogP contribution < -0.4 is 4.90 Å². The Hall–Kier alpha value is -4.23. The van der Waals surface area contributed by atoms with Crippen LogP contribution in [0.1, 0.15) is 60.3 Å². The van der Waals surface area contributed by atoms with Gasteiger partial charge in [0.1, 0.15) is 17.7 Å². The number of esters is 2. The Morgan fingerprint density at radius 3 is 2.00 bits per heavy atom. The Labute approximate surface area is 341 Å². The molecule has 0 aliphatic heterocycles. The third-order valence-electron chi connectivity index (χ3n) is 9.89. The van der Waals surface area contributed by atoms with Crippen LogP contribution in [-0.2, 0) is 42.7 Å². The lowest BCUT2D eigenvalue weighted by Crippen LogP contribution is -2.35. The van der Waals surface area contributed by atoms with Crippen molar-refractivity contribution in [1.29, 1.82) is 0 Å². The number of thiophene rings is 1.